The van der Waals surface area contributed by atoms with Crippen molar-refractivity contribution in [1.82, 2.24) is 10.6 Å². The lowest BCUT2D eigenvalue weighted by molar-refractivity contribution is -0.122. The molecule has 3 nitrogen and oxygen atoms in total. The fourth-order valence-corrected chi connectivity index (χ4v) is 1.83. The zero-order valence-corrected chi connectivity index (χ0v) is 12.5. The SMILES string of the molecule is CCCCCNC(=O)C(C)NCc1ccc(Cl)cc1. The van der Waals surface area contributed by atoms with Crippen LogP contribution in [0.4, 0.5) is 0 Å². The van der Waals surface area contributed by atoms with E-state index in [2.05, 4.69) is 17.6 Å². The molecule has 2 N–H and O–H groups in total. The average Bonchev–Trinajstić information content (AvgIpc) is 2.42. The van der Waals surface area contributed by atoms with Crippen LogP contribution in [0, 0.1) is 0 Å². The van der Waals surface area contributed by atoms with Gasteiger partial charge < -0.3 is 10.6 Å². The molecule has 1 aromatic carbocycles. The number of hydrogen-bond donors (Lipinski definition) is 2. The Labute approximate surface area is 120 Å². The molecule has 0 aliphatic heterocycles. The summed E-state index contributed by atoms with van der Waals surface area (Å²) in [6.07, 6.45) is 3.37. The molecule has 1 aromatic rings. The fourth-order valence-electron chi connectivity index (χ4n) is 1.71. The highest BCUT2D eigenvalue weighted by Crippen LogP contribution is 2.09. The van der Waals surface area contributed by atoms with Gasteiger partial charge in [0.2, 0.25) is 5.91 Å². The standard InChI is InChI=1S/C15H23ClN2O/c1-3-4-5-10-17-15(19)12(2)18-11-13-6-8-14(16)9-7-13/h6-9,12,18H,3-5,10-11H2,1-2H3,(H,17,19). The van der Waals surface area contributed by atoms with Crippen LogP contribution in [0.2, 0.25) is 5.02 Å². The van der Waals surface area contributed by atoms with Gasteiger partial charge in [0.1, 0.15) is 0 Å². The maximum Gasteiger partial charge on any atom is 0.236 e. The van der Waals surface area contributed by atoms with Gasteiger partial charge in [-0.2, -0.15) is 0 Å². The van der Waals surface area contributed by atoms with Crippen LogP contribution in [0.3, 0.4) is 0 Å². The van der Waals surface area contributed by atoms with E-state index in [4.69, 9.17) is 11.6 Å². The maximum absolute atomic E-state index is 11.8. The highest BCUT2D eigenvalue weighted by atomic mass is 35.5. The van der Waals surface area contributed by atoms with Gasteiger partial charge in [0, 0.05) is 18.1 Å². The molecule has 4 heteroatoms. The first kappa shape index (κ1) is 16.0. The minimum Gasteiger partial charge on any atom is -0.355 e. The number of benzene rings is 1. The predicted molar refractivity (Wildman–Crippen MR) is 80.3 cm³/mol. The Morgan fingerprint density at radius 3 is 2.58 bits per heavy atom. The van der Waals surface area contributed by atoms with Gasteiger partial charge in [-0.1, -0.05) is 43.5 Å². The van der Waals surface area contributed by atoms with E-state index in [1.807, 2.05) is 31.2 Å². The third-order valence-electron chi connectivity index (χ3n) is 3.00. The van der Waals surface area contributed by atoms with Crippen LogP contribution in [0.25, 0.3) is 0 Å². The molecule has 0 fully saturated rings. The summed E-state index contributed by atoms with van der Waals surface area (Å²) < 4.78 is 0. The summed E-state index contributed by atoms with van der Waals surface area (Å²) in [4.78, 5) is 11.8. The second-order valence-electron chi connectivity index (χ2n) is 4.73. The fraction of sp³-hybridized carbons (Fsp3) is 0.533. The Morgan fingerprint density at radius 2 is 1.95 bits per heavy atom. The lowest BCUT2D eigenvalue weighted by Crippen LogP contribution is -2.42. The van der Waals surface area contributed by atoms with Crippen LogP contribution in [0.1, 0.15) is 38.7 Å². The molecular weight excluding hydrogens is 260 g/mol. The van der Waals surface area contributed by atoms with E-state index < -0.39 is 0 Å². The number of amides is 1. The first-order valence-electron chi connectivity index (χ1n) is 6.89. The number of hydrogen-bond acceptors (Lipinski definition) is 2. The number of carbonyl (C=O) groups excluding carboxylic acids is 1. The van der Waals surface area contributed by atoms with Gasteiger partial charge >= 0.3 is 0 Å². The Morgan fingerprint density at radius 1 is 1.26 bits per heavy atom. The highest BCUT2D eigenvalue weighted by Gasteiger charge is 2.10. The molecule has 1 atom stereocenters. The monoisotopic (exact) mass is 282 g/mol. The summed E-state index contributed by atoms with van der Waals surface area (Å²) in [7, 11) is 0. The van der Waals surface area contributed by atoms with Crippen LogP contribution in [0.5, 0.6) is 0 Å². The van der Waals surface area contributed by atoms with Gasteiger partial charge in [-0.05, 0) is 31.0 Å². The van der Waals surface area contributed by atoms with Gasteiger partial charge in [-0.15, -0.1) is 0 Å². The van der Waals surface area contributed by atoms with Crippen LogP contribution in [-0.4, -0.2) is 18.5 Å². The average molecular weight is 283 g/mol. The van der Waals surface area contributed by atoms with Crippen molar-refractivity contribution >= 4 is 17.5 Å². The van der Waals surface area contributed by atoms with Gasteiger partial charge in [0.15, 0.2) is 0 Å². The zero-order chi connectivity index (χ0) is 14.1. The normalized spacial score (nSPS) is 12.2. The van der Waals surface area contributed by atoms with E-state index in [9.17, 15) is 4.79 Å². The van der Waals surface area contributed by atoms with Gasteiger partial charge in [-0.3, -0.25) is 4.79 Å². The van der Waals surface area contributed by atoms with Crippen molar-refractivity contribution in [2.45, 2.75) is 45.7 Å². The third kappa shape index (κ3) is 6.60. The quantitative estimate of drug-likeness (QED) is 0.719. The van der Waals surface area contributed by atoms with E-state index in [-0.39, 0.29) is 11.9 Å². The lowest BCUT2D eigenvalue weighted by atomic mass is 10.2. The minimum atomic E-state index is -0.183. The largest absolute Gasteiger partial charge is 0.355 e. The molecule has 1 unspecified atom stereocenters. The molecule has 1 amide bonds. The van der Waals surface area contributed by atoms with E-state index in [1.54, 1.807) is 0 Å². The molecule has 0 saturated heterocycles. The summed E-state index contributed by atoms with van der Waals surface area (Å²) in [6.45, 7) is 5.46. The molecule has 0 heterocycles. The van der Waals surface area contributed by atoms with Crippen molar-refractivity contribution in [2.24, 2.45) is 0 Å². The Balaban J connectivity index is 2.24. The van der Waals surface area contributed by atoms with Crippen LogP contribution in [0.15, 0.2) is 24.3 Å². The van der Waals surface area contributed by atoms with Crippen LogP contribution < -0.4 is 10.6 Å². The van der Waals surface area contributed by atoms with Crippen LogP contribution >= 0.6 is 11.6 Å². The topological polar surface area (TPSA) is 41.1 Å². The van der Waals surface area contributed by atoms with Crippen molar-refractivity contribution in [1.29, 1.82) is 0 Å². The van der Waals surface area contributed by atoms with Gasteiger partial charge in [-0.25, -0.2) is 0 Å². The summed E-state index contributed by atoms with van der Waals surface area (Å²) in [5, 5.41) is 6.87. The number of halogens is 1. The molecule has 1 rings (SSSR count). The van der Waals surface area contributed by atoms with Crippen molar-refractivity contribution in [3.05, 3.63) is 34.9 Å². The Hall–Kier alpha value is -1.06. The molecule has 0 radical (unpaired) electrons. The lowest BCUT2D eigenvalue weighted by Gasteiger charge is -2.14. The summed E-state index contributed by atoms with van der Waals surface area (Å²) in [5.74, 6) is 0.0602. The van der Waals surface area contributed by atoms with Crippen molar-refractivity contribution in [3.63, 3.8) is 0 Å². The summed E-state index contributed by atoms with van der Waals surface area (Å²) in [6, 6.07) is 7.45. The van der Waals surface area contributed by atoms with Crippen LogP contribution in [-0.2, 0) is 11.3 Å². The summed E-state index contributed by atoms with van der Waals surface area (Å²) >= 11 is 5.82. The number of carbonyl (C=O) groups is 1. The van der Waals surface area contributed by atoms with E-state index in [1.165, 1.54) is 6.42 Å². The number of unbranched alkanes of at least 4 members (excludes halogenated alkanes) is 2. The molecule has 0 aliphatic carbocycles. The van der Waals surface area contributed by atoms with Crippen molar-refractivity contribution in [2.75, 3.05) is 6.54 Å². The molecule has 19 heavy (non-hydrogen) atoms. The van der Waals surface area contributed by atoms with Crippen molar-refractivity contribution < 1.29 is 4.79 Å². The number of rotatable bonds is 8. The molecule has 0 bridgehead atoms. The third-order valence-corrected chi connectivity index (χ3v) is 3.25. The Kier molecular flexibility index (Phi) is 7.53. The first-order valence-corrected chi connectivity index (χ1v) is 7.26. The smallest absolute Gasteiger partial charge is 0.236 e. The predicted octanol–water partition coefficient (Wildman–Crippen LogP) is 3.12. The molecule has 106 valence electrons. The molecule has 0 spiro atoms. The Bertz CT molecular complexity index is 378. The zero-order valence-electron chi connectivity index (χ0n) is 11.7. The van der Waals surface area contributed by atoms with E-state index >= 15 is 0 Å². The maximum atomic E-state index is 11.8. The second kappa shape index (κ2) is 8.94. The molecule has 0 aliphatic rings. The second-order valence-corrected chi connectivity index (χ2v) is 5.16. The summed E-state index contributed by atoms with van der Waals surface area (Å²) in [5.41, 5.74) is 1.12. The van der Waals surface area contributed by atoms with E-state index in [0.29, 0.717) is 6.54 Å². The number of nitrogens with one attached hydrogen (secondary N) is 2. The van der Waals surface area contributed by atoms with Gasteiger partial charge in [0.25, 0.3) is 0 Å². The minimum absolute atomic E-state index is 0.0602. The van der Waals surface area contributed by atoms with Gasteiger partial charge in [0.05, 0.1) is 6.04 Å². The molecule has 0 saturated carbocycles. The van der Waals surface area contributed by atoms with Crippen molar-refractivity contribution in [3.8, 4) is 0 Å². The highest BCUT2D eigenvalue weighted by molar-refractivity contribution is 6.30. The molecular formula is C15H23ClN2O. The van der Waals surface area contributed by atoms with E-state index in [0.717, 1.165) is 30.0 Å². The first-order chi connectivity index (χ1) is 9.13. The molecule has 0 aromatic heterocycles.